The van der Waals surface area contributed by atoms with Crippen LogP contribution in [0.25, 0.3) is 0 Å². The maximum atomic E-state index is 6.25. The number of fused-ring (bicyclic) bond motifs is 1. The van der Waals surface area contributed by atoms with E-state index in [2.05, 4.69) is 43.3 Å². The van der Waals surface area contributed by atoms with Crippen LogP contribution < -0.4 is 0 Å². The zero-order valence-electron chi connectivity index (χ0n) is 9.78. The highest BCUT2D eigenvalue weighted by Gasteiger charge is 2.37. The van der Waals surface area contributed by atoms with E-state index in [9.17, 15) is 0 Å². The van der Waals surface area contributed by atoms with Crippen LogP contribution >= 0.6 is 0 Å². The largest absolute Gasteiger partial charge is 0.359 e. The van der Waals surface area contributed by atoms with Crippen LogP contribution in [0.2, 0.25) is 0 Å². The van der Waals surface area contributed by atoms with Crippen molar-refractivity contribution in [2.45, 2.75) is 44.3 Å². The molecule has 0 saturated heterocycles. The Morgan fingerprint density at radius 1 is 1.19 bits per heavy atom. The van der Waals surface area contributed by atoms with E-state index in [0.717, 1.165) is 0 Å². The molecule has 1 nitrogen and oxygen atoms in total. The van der Waals surface area contributed by atoms with Crippen LogP contribution in [-0.2, 0) is 10.3 Å². The van der Waals surface area contributed by atoms with Crippen LogP contribution in [0.3, 0.4) is 0 Å². The first-order valence-electron chi connectivity index (χ1n) is 6.23. The molecule has 84 valence electrons. The van der Waals surface area contributed by atoms with Crippen molar-refractivity contribution in [1.82, 2.24) is 0 Å². The average molecular weight is 214 g/mol. The van der Waals surface area contributed by atoms with Gasteiger partial charge in [-0.1, -0.05) is 36.8 Å². The summed E-state index contributed by atoms with van der Waals surface area (Å²) in [5.74, 6) is 0. The minimum atomic E-state index is -0.189. The molecule has 0 spiro atoms. The molecule has 1 aliphatic heterocycles. The van der Waals surface area contributed by atoms with E-state index in [0.29, 0.717) is 6.10 Å². The highest BCUT2D eigenvalue weighted by molar-refractivity contribution is 5.33. The SMILES string of the molecule is C[C@@]1(c2ccccc2)C=C2CCCC[C@@H]2O1. The molecule has 0 unspecified atom stereocenters. The lowest BCUT2D eigenvalue weighted by atomic mass is 9.90. The molecule has 1 aromatic rings. The summed E-state index contributed by atoms with van der Waals surface area (Å²) in [7, 11) is 0. The molecule has 1 saturated carbocycles. The molecule has 16 heavy (non-hydrogen) atoms. The molecule has 1 aromatic carbocycles. The lowest BCUT2D eigenvalue weighted by Gasteiger charge is -2.26. The second-order valence-electron chi connectivity index (χ2n) is 5.04. The highest BCUT2D eigenvalue weighted by Crippen LogP contribution is 2.42. The third kappa shape index (κ3) is 1.60. The first kappa shape index (κ1) is 10.1. The minimum Gasteiger partial charge on any atom is -0.359 e. The third-order valence-electron chi connectivity index (χ3n) is 3.79. The van der Waals surface area contributed by atoms with Gasteiger partial charge < -0.3 is 4.74 Å². The topological polar surface area (TPSA) is 9.23 Å². The highest BCUT2D eigenvalue weighted by atomic mass is 16.5. The van der Waals surface area contributed by atoms with Gasteiger partial charge in [0.05, 0.1) is 6.10 Å². The second-order valence-corrected chi connectivity index (χ2v) is 5.04. The predicted octanol–water partition coefficient (Wildman–Crippen LogP) is 3.80. The zero-order chi connectivity index (χ0) is 11.0. The Labute approximate surface area is 97.1 Å². The van der Waals surface area contributed by atoms with E-state index in [1.807, 2.05) is 0 Å². The van der Waals surface area contributed by atoms with Crippen LogP contribution in [0.4, 0.5) is 0 Å². The smallest absolute Gasteiger partial charge is 0.110 e. The van der Waals surface area contributed by atoms with Gasteiger partial charge in [-0.05, 0) is 43.4 Å². The van der Waals surface area contributed by atoms with Gasteiger partial charge in [0.25, 0.3) is 0 Å². The fourth-order valence-corrected chi connectivity index (χ4v) is 2.91. The number of ether oxygens (including phenoxy) is 1. The van der Waals surface area contributed by atoms with Crippen molar-refractivity contribution >= 4 is 0 Å². The van der Waals surface area contributed by atoms with E-state index in [1.165, 1.54) is 36.8 Å². The van der Waals surface area contributed by atoms with Crippen LogP contribution in [0.15, 0.2) is 42.0 Å². The van der Waals surface area contributed by atoms with Gasteiger partial charge in [-0.3, -0.25) is 0 Å². The summed E-state index contributed by atoms with van der Waals surface area (Å²) in [6.07, 6.45) is 7.82. The lowest BCUT2D eigenvalue weighted by molar-refractivity contribution is -0.0254. The van der Waals surface area contributed by atoms with Gasteiger partial charge in [-0.25, -0.2) is 0 Å². The van der Waals surface area contributed by atoms with Crippen LogP contribution in [0, 0.1) is 0 Å². The summed E-state index contributed by atoms with van der Waals surface area (Å²) in [5.41, 5.74) is 2.61. The van der Waals surface area contributed by atoms with E-state index >= 15 is 0 Å². The summed E-state index contributed by atoms with van der Waals surface area (Å²) < 4.78 is 6.25. The van der Waals surface area contributed by atoms with Crippen LogP contribution in [0.1, 0.15) is 38.2 Å². The Bertz CT molecular complexity index is 407. The molecule has 1 heteroatoms. The van der Waals surface area contributed by atoms with Gasteiger partial charge in [-0.15, -0.1) is 0 Å². The van der Waals surface area contributed by atoms with Gasteiger partial charge in [0.2, 0.25) is 0 Å². The Morgan fingerprint density at radius 3 is 2.75 bits per heavy atom. The van der Waals surface area contributed by atoms with E-state index in [4.69, 9.17) is 4.74 Å². The van der Waals surface area contributed by atoms with Gasteiger partial charge in [-0.2, -0.15) is 0 Å². The van der Waals surface area contributed by atoms with Gasteiger partial charge in [0.15, 0.2) is 0 Å². The molecule has 0 aromatic heterocycles. The number of rotatable bonds is 1. The Hall–Kier alpha value is -1.08. The fraction of sp³-hybridized carbons (Fsp3) is 0.467. The Morgan fingerprint density at radius 2 is 2.00 bits per heavy atom. The standard InChI is InChI=1S/C15H18O/c1-15(13-8-3-2-4-9-13)11-12-7-5-6-10-14(12)16-15/h2-4,8-9,11,14H,5-7,10H2,1H3/t14-,15-/m0/s1. The molecule has 1 heterocycles. The predicted molar refractivity (Wildman–Crippen MR) is 65.2 cm³/mol. The maximum absolute atomic E-state index is 6.25. The van der Waals surface area contributed by atoms with Crippen molar-refractivity contribution in [3.63, 3.8) is 0 Å². The average Bonchev–Trinajstić information content (AvgIpc) is 2.68. The first-order valence-corrected chi connectivity index (χ1v) is 6.23. The van der Waals surface area contributed by atoms with E-state index in [1.54, 1.807) is 0 Å². The van der Waals surface area contributed by atoms with Crippen molar-refractivity contribution in [1.29, 1.82) is 0 Å². The molecule has 0 radical (unpaired) electrons. The number of hydrogen-bond acceptors (Lipinski definition) is 1. The maximum Gasteiger partial charge on any atom is 0.110 e. The Kier molecular flexibility index (Phi) is 2.36. The van der Waals surface area contributed by atoms with Crippen molar-refractivity contribution in [2.75, 3.05) is 0 Å². The lowest BCUT2D eigenvalue weighted by Crippen LogP contribution is -2.24. The molecule has 1 aliphatic carbocycles. The normalized spacial score (nSPS) is 33.3. The van der Waals surface area contributed by atoms with Gasteiger partial charge >= 0.3 is 0 Å². The number of benzene rings is 1. The molecule has 3 rings (SSSR count). The second kappa shape index (κ2) is 3.74. The Balaban J connectivity index is 1.94. The summed E-state index contributed by atoms with van der Waals surface area (Å²) in [4.78, 5) is 0. The first-order chi connectivity index (χ1) is 7.78. The summed E-state index contributed by atoms with van der Waals surface area (Å²) in [6.45, 7) is 2.19. The molecule has 2 aliphatic rings. The molecule has 0 bridgehead atoms. The third-order valence-corrected chi connectivity index (χ3v) is 3.79. The molecular formula is C15H18O. The van der Waals surface area contributed by atoms with Crippen molar-refractivity contribution < 1.29 is 4.74 Å². The van der Waals surface area contributed by atoms with Crippen LogP contribution in [0.5, 0.6) is 0 Å². The molecule has 2 atom stereocenters. The monoisotopic (exact) mass is 214 g/mol. The van der Waals surface area contributed by atoms with Gasteiger partial charge in [0.1, 0.15) is 5.60 Å². The zero-order valence-corrected chi connectivity index (χ0v) is 9.78. The summed E-state index contributed by atoms with van der Waals surface area (Å²) in [6, 6.07) is 10.6. The van der Waals surface area contributed by atoms with E-state index < -0.39 is 0 Å². The van der Waals surface area contributed by atoms with Crippen molar-refractivity contribution in [3.8, 4) is 0 Å². The van der Waals surface area contributed by atoms with Crippen LogP contribution in [-0.4, -0.2) is 6.10 Å². The summed E-state index contributed by atoms with van der Waals surface area (Å²) >= 11 is 0. The number of hydrogen-bond donors (Lipinski definition) is 0. The quantitative estimate of drug-likeness (QED) is 0.646. The summed E-state index contributed by atoms with van der Waals surface area (Å²) in [5, 5.41) is 0. The van der Waals surface area contributed by atoms with E-state index in [-0.39, 0.29) is 5.60 Å². The molecule has 0 amide bonds. The molecular weight excluding hydrogens is 196 g/mol. The fourth-order valence-electron chi connectivity index (χ4n) is 2.91. The van der Waals surface area contributed by atoms with Crippen molar-refractivity contribution in [2.24, 2.45) is 0 Å². The minimum absolute atomic E-state index is 0.189. The van der Waals surface area contributed by atoms with Gasteiger partial charge in [0, 0.05) is 0 Å². The molecule has 0 N–H and O–H groups in total. The molecule has 1 fully saturated rings. The van der Waals surface area contributed by atoms with Crippen molar-refractivity contribution in [3.05, 3.63) is 47.5 Å².